The van der Waals surface area contributed by atoms with E-state index in [-0.39, 0.29) is 16.9 Å². The van der Waals surface area contributed by atoms with Gasteiger partial charge in [-0.3, -0.25) is 4.79 Å². The molecule has 1 aromatic carbocycles. The van der Waals surface area contributed by atoms with Crippen LogP contribution >= 0.6 is 0 Å². The first kappa shape index (κ1) is 12.1. The quantitative estimate of drug-likeness (QED) is 0.722. The first-order chi connectivity index (χ1) is 6.09. The SMILES string of the molecule is CC(=O)Nc1ccc(C(=O)O)cc1.O. The van der Waals surface area contributed by atoms with Gasteiger partial charge in [0.15, 0.2) is 0 Å². The zero-order valence-corrected chi connectivity index (χ0v) is 7.57. The number of aromatic carboxylic acids is 1. The van der Waals surface area contributed by atoms with Crippen LogP contribution in [0.4, 0.5) is 5.69 Å². The molecule has 4 N–H and O–H groups in total. The number of hydrogen-bond acceptors (Lipinski definition) is 2. The molecule has 1 aromatic rings. The van der Waals surface area contributed by atoms with Crippen LogP contribution in [-0.2, 0) is 4.79 Å². The van der Waals surface area contributed by atoms with Crippen LogP contribution in [0.5, 0.6) is 0 Å². The number of hydrogen-bond donors (Lipinski definition) is 2. The van der Waals surface area contributed by atoms with Crippen molar-refractivity contribution < 1.29 is 20.2 Å². The molecule has 0 saturated heterocycles. The molecule has 0 heterocycles. The zero-order valence-electron chi connectivity index (χ0n) is 7.57. The summed E-state index contributed by atoms with van der Waals surface area (Å²) in [7, 11) is 0. The van der Waals surface area contributed by atoms with Crippen LogP contribution in [0.15, 0.2) is 24.3 Å². The molecule has 0 aliphatic carbocycles. The molecule has 0 aliphatic heterocycles. The summed E-state index contributed by atoms with van der Waals surface area (Å²) in [4.78, 5) is 21.1. The number of carboxylic acids is 1. The maximum Gasteiger partial charge on any atom is 0.335 e. The van der Waals surface area contributed by atoms with Crippen molar-refractivity contribution in [3.63, 3.8) is 0 Å². The molecule has 0 fully saturated rings. The number of carbonyl (C=O) groups is 2. The standard InChI is InChI=1S/C9H9NO3.H2O/c1-6(11)10-8-4-2-7(3-5-8)9(12)13;/h2-5H,1H3,(H,10,11)(H,12,13);1H2. The maximum absolute atomic E-state index is 10.6. The minimum atomic E-state index is -0.977. The van der Waals surface area contributed by atoms with Gasteiger partial charge in [0, 0.05) is 12.6 Å². The molecule has 0 bridgehead atoms. The number of anilines is 1. The molecule has 1 amide bonds. The fourth-order valence-electron chi connectivity index (χ4n) is 0.899. The van der Waals surface area contributed by atoms with Gasteiger partial charge in [-0.1, -0.05) is 0 Å². The average Bonchev–Trinajstić information content (AvgIpc) is 2.04. The van der Waals surface area contributed by atoms with Crippen molar-refractivity contribution in [1.82, 2.24) is 0 Å². The highest BCUT2D eigenvalue weighted by atomic mass is 16.4. The van der Waals surface area contributed by atoms with E-state index in [1.54, 1.807) is 12.1 Å². The van der Waals surface area contributed by atoms with E-state index in [1.165, 1.54) is 19.1 Å². The molecule has 0 radical (unpaired) electrons. The third kappa shape index (κ3) is 3.24. The Bertz CT molecular complexity index is 331. The van der Waals surface area contributed by atoms with Crippen molar-refractivity contribution in [2.45, 2.75) is 6.92 Å². The van der Waals surface area contributed by atoms with Crippen LogP contribution in [0.25, 0.3) is 0 Å². The summed E-state index contributed by atoms with van der Waals surface area (Å²) in [5.74, 6) is -1.16. The number of carboxylic acid groups (broad SMARTS) is 1. The number of rotatable bonds is 2. The highest BCUT2D eigenvalue weighted by molar-refractivity contribution is 5.91. The normalized spacial score (nSPS) is 8.64. The van der Waals surface area contributed by atoms with Crippen LogP contribution in [0.2, 0.25) is 0 Å². The lowest BCUT2D eigenvalue weighted by Gasteiger charge is -2.01. The van der Waals surface area contributed by atoms with Gasteiger partial charge >= 0.3 is 5.97 Å². The van der Waals surface area contributed by atoms with Crippen LogP contribution in [0.3, 0.4) is 0 Å². The second-order valence-corrected chi connectivity index (χ2v) is 2.56. The number of benzene rings is 1. The van der Waals surface area contributed by atoms with Crippen LogP contribution in [-0.4, -0.2) is 22.5 Å². The maximum atomic E-state index is 10.6. The zero-order chi connectivity index (χ0) is 9.84. The monoisotopic (exact) mass is 197 g/mol. The van der Waals surface area contributed by atoms with E-state index < -0.39 is 5.97 Å². The van der Waals surface area contributed by atoms with E-state index in [1.807, 2.05) is 0 Å². The largest absolute Gasteiger partial charge is 0.478 e. The lowest BCUT2D eigenvalue weighted by Crippen LogP contribution is -2.05. The Balaban J connectivity index is 0.00000169. The van der Waals surface area contributed by atoms with Gasteiger partial charge in [0.25, 0.3) is 0 Å². The molecule has 0 aliphatic rings. The van der Waals surface area contributed by atoms with Gasteiger partial charge < -0.3 is 15.9 Å². The fourth-order valence-corrected chi connectivity index (χ4v) is 0.899. The lowest BCUT2D eigenvalue weighted by atomic mass is 10.2. The summed E-state index contributed by atoms with van der Waals surface area (Å²) in [6.45, 7) is 1.39. The smallest absolute Gasteiger partial charge is 0.335 e. The second kappa shape index (κ2) is 4.98. The van der Waals surface area contributed by atoms with Crippen molar-refractivity contribution in [3.05, 3.63) is 29.8 Å². The Kier molecular flexibility index (Phi) is 4.31. The van der Waals surface area contributed by atoms with Crippen molar-refractivity contribution in [2.75, 3.05) is 5.32 Å². The molecule has 0 atom stereocenters. The predicted molar refractivity (Wildman–Crippen MR) is 51.3 cm³/mol. The highest BCUT2D eigenvalue weighted by Crippen LogP contribution is 2.08. The van der Waals surface area contributed by atoms with Gasteiger partial charge in [0.2, 0.25) is 5.91 Å². The Morgan fingerprint density at radius 2 is 1.71 bits per heavy atom. The molecule has 5 nitrogen and oxygen atoms in total. The van der Waals surface area contributed by atoms with Gasteiger partial charge in [-0.15, -0.1) is 0 Å². The summed E-state index contributed by atoms with van der Waals surface area (Å²) in [6, 6.07) is 5.97. The van der Waals surface area contributed by atoms with Crippen molar-refractivity contribution in [2.24, 2.45) is 0 Å². The van der Waals surface area contributed by atoms with E-state index in [0.717, 1.165) is 0 Å². The van der Waals surface area contributed by atoms with E-state index in [9.17, 15) is 9.59 Å². The molecular weight excluding hydrogens is 186 g/mol. The first-order valence-electron chi connectivity index (χ1n) is 3.70. The van der Waals surface area contributed by atoms with E-state index in [4.69, 9.17) is 5.11 Å². The van der Waals surface area contributed by atoms with Gasteiger partial charge in [-0.25, -0.2) is 4.79 Å². The van der Waals surface area contributed by atoms with Crippen LogP contribution in [0, 0.1) is 0 Å². The van der Waals surface area contributed by atoms with Gasteiger partial charge in [0.05, 0.1) is 5.56 Å². The van der Waals surface area contributed by atoms with E-state index >= 15 is 0 Å². The van der Waals surface area contributed by atoms with E-state index in [2.05, 4.69) is 5.32 Å². The number of carbonyl (C=O) groups excluding carboxylic acids is 1. The topological polar surface area (TPSA) is 97.9 Å². The average molecular weight is 197 g/mol. The Morgan fingerprint density at radius 3 is 2.07 bits per heavy atom. The summed E-state index contributed by atoms with van der Waals surface area (Å²) in [6.07, 6.45) is 0. The molecule has 0 spiro atoms. The number of amides is 1. The molecule has 76 valence electrons. The summed E-state index contributed by atoms with van der Waals surface area (Å²) < 4.78 is 0. The molecule has 0 aromatic heterocycles. The summed E-state index contributed by atoms with van der Waals surface area (Å²) >= 11 is 0. The fraction of sp³-hybridized carbons (Fsp3) is 0.111. The molecular formula is C9H11NO4. The van der Waals surface area contributed by atoms with Crippen molar-refractivity contribution in [1.29, 1.82) is 0 Å². The minimum Gasteiger partial charge on any atom is -0.478 e. The third-order valence-corrected chi connectivity index (χ3v) is 1.45. The molecule has 0 saturated carbocycles. The summed E-state index contributed by atoms with van der Waals surface area (Å²) in [5.41, 5.74) is 0.798. The van der Waals surface area contributed by atoms with Crippen molar-refractivity contribution in [3.8, 4) is 0 Å². The number of nitrogens with one attached hydrogen (secondary N) is 1. The van der Waals surface area contributed by atoms with Gasteiger partial charge in [-0.05, 0) is 24.3 Å². The van der Waals surface area contributed by atoms with Crippen molar-refractivity contribution >= 4 is 17.6 Å². The molecule has 14 heavy (non-hydrogen) atoms. The van der Waals surface area contributed by atoms with E-state index in [0.29, 0.717) is 5.69 Å². The van der Waals surface area contributed by atoms with Crippen LogP contribution < -0.4 is 5.32 Å². The van der Waals surface area contributed by atoms with Gasteiger partial charge in [0.1, 0.15) is 0 Å². The Labute approximate surface area is 80.7 Å². The first-order valence-corrected chi connectivity index (χ1v) is 3.70. The van der Waals surface area contributed by atoms with Crippen LogP contribution in [0.1, 0.15) is 17.3 Å². The summed E-state index contributed by atoms with van der Waals surface area (Å²) in [5, 5.41) is 11.1. The molecule has 1 rings (SSSR count). The molecule has 0 unspecified atom stereocenters. The minimum absolute atomic E-state index is 0. The Hall–Kier alpha value is -1.88. The second-order valence-electron chi connectivity index (χ2n) is 2.56. The van der Waals surface area contributed by atoms with Gasteiger partial charge in [-0.2, -0.15) is 0 Å². The molecule has 5 heteroatoms. The Morgan fingerprint density at radius 1 is 1.21 bits per heavy atom. The lowest BCUT2D eigenvalue weighted by molar-refractivity contribution is -0.114. The predicted octanol–water partition coefficient (Wildman–Crippen LogP) is 0.518. The highest BCUT2D eigenvalue weighted by Gasteiger charge is 2.01. The third-order valence-electron chi connectivity index (χ3n) is 1.45.